The van der Waals surface area contributed by atoms with Crippen LogP contribution in [0.25, 0.3) is 0 Å². The van der Waals surface area contributed by atoms with Crippen LogP contribution in [0.3, 0.4) is 0 Å². The molecular formula is C28H21Cl2N3O5S. The summed E-state index contributed by atoms with van der Waals surface area (Å²) in [7, 11) is -4.11. The quantitative estimate of drug-likeness (QED) is 0.121. The van der Waals surface area contributed by atoms with Crippen molar-refractivity contribution in [2.45, 2.75) is 4.90 Å². The number of hydrogen-bond donors (Lipinski definition) is 1. The highest BCUT2D eigenvalue weighted by Crippen LogP contribution is 2.30. The Morgan fingerprint density at radius 1 is 0.846 bits per heavy atom. The number of sulfonamides is 1. The molecule has 39 heavy (non-hydrogen) atoms. The zero-order valence-corrected chi connectivity index (χ0v) is 22.5. The van der Waals surface area contributed by atoms with E-state index in [1.54, 1.807) is 72.8 Å². The number of benzene rings is 4. The highest BCUT2D eigenvalue weighted by atomic mass is 35.5. The fraction of sp³-hybridized carbons (Fsp3) is 0.0357. The SMILES string of the molecule is O=C(CN(c1ccc(Cl)c(Cl)c1)S(=O)(=O)c1ccccc1)N/N=C/c1ccc(OC(=O)c2ccccc2)cc1. The predicted molar refractivity (Wildman–Crippen MR) is 151 cm³/mol. The first-order valence-electron chi connectivity index (χ1n) is 11.5. The lowest BCUT2D eigenvalue weighted by molar-refractivity contribution is -0.119. The molecule has 0 fully saturated rings. The van der Waals surface area contributed by atoms with E-state index in [4.69, 9.17) is 27.9 Å². The molecule has 0 aromatic heterocycles. The fourth-order valence-electron chi connectivity index (χ4n) is 3.38. The summed E-state index contributed by atoms with van der Waals surface area (Å²) in [6.07, 6.45) is 1.37. The standard InChI is InChI=1S/C28H21Cl2N3O5S/c29-25-16-13-22(17-26(25)30)33(39(36,37)24-9-5-2-6-10-24)19-27(34)32-31-18-20-11-14-23(15-12-20)38-28(35)21-7-3-1-4-8-21/h1-18H,19H2,(H,32,34)/b31-18+. The largest absolute Gasteiger partial charge is 0.423 e. The summed E-state index contributed by atoms with van der Waals surface area (Å²) in [6.45, 7) is -0.569. The van der Waals surface area contributed by atoms with Crippen molar-refractivity contribution >= 4 is 57.0 Å². The van der Waals surface area contributed by atoms with Gasteiger partial charge in [0.05, 0.1) is 32.4 Å². The minimum absolute atomic E-state index is 0.000397. The van der Waals surface area contributed by atoms with Crippen molar-refractivity contribution in [1.29, 1.82) is 0 Å². The third-order valence-electron chi connectivity index (χ3n) is 5.31. The molecule has 0 aliphatic rings. The molecule has 0 bridgehead atoms. The molecule has 0 aliphatic carbocycles. The van der Waals surface area contributed by atoms with Gasteiger partial charge >= 0.3 is 5.97 Å². The van der Waals surface area contributed by atoms with E-state index in [9.17, 15) is 18.0 Å². The molecule has 1 N–H and O–H groups in total. The van der Waals surface area contributed by atoms with Gasteiger partial charge in [-0.2, -0.15) is 5.10 Å². The molecule has 198 valence electrons. The molecule has 4 aromatic rings. The van der Waals surface area contributed by atoms with Crippen LogP contribution in [0.1, 0.15) is 15.9 Å². The lowest BCUT2D eigenvalue weighted by atomic mass is 10.2. The van der Waals surface area contributed by atoms with E-state index in [2.05, 4.69) is 10.5 Å². The first kappa shape index (κ1) is 27.8. The monoisotopic (exact) mass is 581 g/mol. The number of amides is 1. The number of carbonyl (C=O) groups is 2. The van der Waals surface area contributed by atoms with Crippen LogP contribution in [0, 0.1) is 0 Å². The normalized spacial score (nSPS) is 11.2. The molecular weight excluding hydrogens is 561 g/mol. The average molecular weight is 582 g/mol. The Hall–Kier alpha value is -4.18. The van der Waals surface area contributed by atoms with E-state index in [1.807, 2.05) is 0 Å². The molecule has 4 rings (SSSR count). The maximum Gasteiger partial charge on any atom is 0.343 e. The molecule has 11 heteroatoms. The van der Waals surface area contributed by atoms with Crippen LogP contribution in [0.5, 0.6) is 5.75 Å². The molecule has 0 saturated carbocycles. The van der Waals surface area contributed by atoms with Crippen molar-refractivity contribution in [2.75, 3.05) is 10.8 Å². The molecule has 8 nitrogen and oxygen atoms in total. The Morgan fingerprint density at radius 2 is 1.49 bits per heavy atom. The van der Waals surface area contributed by atoms with Gasteiger partial charge < -0.3 is 4.74 Å². The minimum Gasteiger partial charge on any atom is -0.423 e. The second-order valence-corrected chi connectivity index (χ2v) is 10.7. The van der Waals surface area contributed by atoms with Gasteiger partial charge in [0.2, 0.25) is 0 Å². The maximum atomic E-state index is 13.4. The Kier molecular flexibility index (Phi) is 8.98. The molecule has 0 saturated heterocycles. The number of hydrazone groups is 1. The Balaban J connectivity index is 1.43. The highest BCUT2D eigenvalue weighted by molar-refractivity contribution is 7.92. The molecule has 0 heterocycles. The Labute approximate surface area is 235 Å². The number of halogens is 2. The van der Waals surface area contributed by atoms with Crippen LogP contribution < -0.4 is 14.5 Å². The lowest BCUT2D eigenvalue weighted by Gasteiger charge is -2.24. The molecule has 4 aromatic carbocycles. The van der Waals surface area contributed by atoms with E-state index in [-0.39, 0.29) is 20.6 Å². The number of nitrogens with zero attached hydrogens (tertiary/aromatic N) is 2. The summed E-state index contributed by atoms with van der Waals surface area (Å²) in [6, 6.07) is 27.0. The lowest BCUT2D eigenvalue weighted by Crippen LogP contribution is -2.39. The van der Waals surface area contributed by atoms with E-state index in [0.29, 0.717) is 16.9 Å². The van der Waals surface area contributed by atoms with Gasteiger partial charge in [0.25, 0.3) is 15.9 Å². The van der Waals surface area contributed by atoms with Crippen molar-refractivity contribution < 1.29 is 22.7 Å². The third kappa shape index (κ3) is 7.23. The summed E-state index contributed by atoms with van der Waals surface area (Å²) in [4.78, 5) is 24.9. The van der Waals surface area contributed by atoms with Crippen molar-refractivity contribution in [3.8, 4) is 5.75 Å². The third-order valence-corrected chi connectivity index (χ3v) is 7.84. The van der Waals surface area contributed by atoms with Crippen LogP contribution in [0.15, 0.2) is 113 Å². The van der Waals surface area contributed by atoms with Gasteiger partial charge in [-0.15, -0.1) is 0 Å². The number of rotatable bonds is 9. The first-order valence-corrected chi connectivity index (χ1v) is 13.7. The molecule has 0 aliphatic heterocycles. The molecule has 0 radical (unpaired) electrons. The maximum absolute atomic E-state index is 13.4. The molecule has 0 atom stereocenters. The van der Waals surface area contributed by atoms with E-state index >= 15 is 0 Å². The zero-order valence-electron chi connectivity index (χ0n) is 20.2. The highest BCUT2D eigenvalue weighted by Gasteiger charge is 2.27. The molecule has 1 amide bonds. The number of hydrogen-bond acceptors (Lipinski definition) is 6. The van der Waals surface area contributed by atoms with Gasteiger partial charge in [0.1, 0.15) is 12.3 Å². The number of nitrogens with one attached hydrogen (secondary N) is 1. The van der Waals surface area contributed by atoms with Crippen molar-refractivity contribution in [3.63, 3.8) is 0 Å². The van der Waals surface area contributed by atoms with Crippen LogP contribution >= 0.6 is 23.2 Å². The van der Waals surface area contributed by atoms with Crippen LogP contribution in [0.4, 0.5) is 5.69 Å². The van der Waals surface area contributed by atoms with Crippen molar-refractivity contribution in [2.24, 2.45) is 5.10 Å². The Bertz CT molecular complexity index is 1600. The summed E-state index contributed by atoms with van der Waals surface area (Å²) >= 11 is 12.1. The van der Waals surface area contributed by atoms with Gasteiger partial charge in [0.15, 0.2) is 0 Å². The van der Waals surface area contributed by atoms with Gasteiger partial charge in [-0.05, 0) is 72.3 Å². The summed E-state index contributed by atoms with van der Waals surface area (Å²) in [5.41, 5.74) is 3.52. The smallest absolute Gasteiger partial charge is 0.343 e. The van der Waals surface area contributed by atoms with Crippen LogP contribution in [-0.4, -0.2) is 33.1 Å². The van der Waals surface area contributed by atoms with Gasteiger partial charge in [-0.3, -0.25) is 9.10 Å². The average Bonchev–Trinajstić information content (AvgIpc) is 2.95. The first-order chi connectivity index (χ1) is 18.7. The fourth-order valence-corrected chi connectivity index (χ4v) is 5.11. The van der Waals surface area contributed by atoms with Crippen molar-refractivity contribution in [3.05, 3.63) is 124 Å². The number of ether oxygens (including phenoxy) is 1. The number of anilines is 1. The number of carbonyl (C=O) groups excluding carboxylic acids is 2. The van der Waals surface area contributed by atoms with Gasteiger partial charge in [0, 0.05) is 0 Å². The van der Waals surface area contributed by atoms with E-state index < -0.39 is 28.4 Å². The van der Waals surface area contributed by atoms with E-state index in [1.165, 1.54) is 36.5 Å². The summed E-state index contributed by atoms with van der Waals surface area (Å²) in [5, 5.41) is 4.29. The van der Waals surface area contributed by atoms with Crippen LogP contribution in [0.2, 0.25) is 10.0 Å². The van der Waals surface area contributed by atoms with Gasteiger partial charge in [-0.1, -0.05) is 59.6 Å². The topological polar surface area (TPSA) is 105 Å². The second kappa shape index (κ2) is 12.6. The Morgan fingerprint density at radius 3 is 2.13 bits per heavy atom. The van der Waals surface area contributed by atoms with Crippen molar-refractivity contribution in [1.82, 2.24) is 5.43 Å². The predicted octanol–water partition coefficient (Wildman–Crippen LogP) is 5.56. The molecule has 0 spiro atoms. The van der Waals surface area contributed by atoms with Gasteiger partial charge in [-0.25, -0.2) is 18.6 Å². The summed E-state index contributed by atoms with van der Waals surface area (Å²) < 4.78 is 33.0. The van der Waals surface area contributed by atoms with E-state index in [0.717, 1.165) is 4.31 Å². The molecule has 0 unspecified atom stereocenters. The van der Waals surface area contributed by atoms with Crippen LogP contribution in [-0.2, 0) is 14.8 Å². The summed E-state index contributed by atoms with van der Waals surface area (Å²) in [5.74, 6) is -0.833. The minimum atomic E-state index is -4.11. The second-order valence-electron chi connectivity index (χ2n) is 8.04. The number of esters is 1. The zero-order chi connectivity index (χ0) is 27.8.